The first-order chi connectivity index (χ1) is 9.15. The first-order valence-corrected chi connectivity index (χ1v) is 6.86. The highest BCUT2D eigenvalue weighted by molar-refractivity contribution is 6.04. The molecule has 100 valence electrons. The SMILES string of the molecule is C[C@@H]1C[C@H]1C(=O)Nc1ccccc1C(=O)NC1CC1. The molecule has 0 bridgehead atoms. The second-order valence-corrected chi connectivity index (χ2v) is 5.60. The smallest absolute Gasteiger partial charge is 0.253 e. The van der Waals surface area contributed by atoms with Crippen molar-refractivity contribution in [3.63, 3.8) is 0 Å². The lowest BCUT2D eigenvalue weighted by Crippen LogP contribution is -2.27. The third-order valence-electron chi connectivity index (χ3n) is 3.79. The normalized spacial score (nSPS) is 24.7. The van der Waals surface area contributed by atoms with Crippen molar-refractivity contribution in [3.05, 3.63) is 29.8 Å². The molecule has 2 amide bonds. The number of anilines is 1. The molecule has 2 N–H and O–H groups in total. The van der Waals surface area contributed by atoms with Gasteiger partial charge in [0.1, 0.15) is 0 Å². The minimum absolute atomic E-state index is 0.0270. The second-order valence-electron chi connectivity index (χ2n) is 5.60. The zero-order valence-corrected chi connectivity index (χ0v) is 11.0. The first-order valence-electron chi connectivity index (χ1n) is 6.86. The summed E-state index contributed by atoms with van der Waals surface area (Å²) in [5, 5.41) is 5.82. The number of carbonyl (C=O) groups is 2. The van der Waals surface area contributed by atoms with Gasteiger partial charge in [-0.05, 0) is 37.3 Å². The lowest BCUT2D eigenvalue weighted by atomic mass is 10.1. The molecule has 4 nitrogen and oxygen atoms in total. The second kappa shape index (κ2) is 4.68. The fourth-order valence-corrected chi connectivity index (χ4v) is 2.19. The third kappa shape index (κ3) is 2.78. The third-order valence-corrected chi connectivity index (χ3v) is 3.79. The molecule has 0 spiro atoms. The Hall–Kier alpha value is -1.84. The number of benzene rings is 1. The van der Waals surface area contributed by atoms with Crippen molar-refractivity contribution in [1.29, 1.82) is 0 Å². The molecule has 4 heteroatoms. The fraction of sp³-hybridized carbons (Fsp3) is 0.467. The van der Waals surface area contributed by atoms with Crippen LogP contribution in [0.5, 0.6) is 0 Å². The maximum atomic E-state index is 12.1. The predicted molar refractivity (Wildman–Crippen MR) is 72.8 cm³/mol. The lowest BCUT2D eigenvalue weighted by molar-refractivity contribution is -0.117. The van der Waals surface area contributed by atoms with Crippen LogP contribution < -0.4 is 10.6 Å². The zero-order valence-electron chi connectivity index (χ0n) is 11.0. The van der Waals surface area contributed by atoms with Gasteiger partial charge >= 0.3 is 0 Å². The van der Waals surface area contributed by atoms with Crippen LogP contribution in [0.25, 0.3) is 0 Å². The van der Waals surface area contributed by atoms with E-state index in [1.807, 2.05) is 12.1 Å². The van der Waals surface area contributed by atoms with Crippen LogP contribution in [0.3, 0.4) is 0 Å². The molecule has 0 aliphatic heterocycles. The monoisotopic (exact) mass is 258 g/mol. The molecule has 2 fully saturated rings. The van der Waals surface area contributed by atoms with Crippen LogP contribution in [-0.2, 0) is 4.79 Å². The molecule has 2 aliphatic carbocycles. The van der Waals surface area contributed by atoms with Crippen molar-refractivity contribution < 1.29 is 9.59 Å². The molecule has 3 rings (SSSR count). The number of hydrogen-bond acceptors (Lipinski definition) is 2. The summed E-state index contributed by atoms with van der Waals surface area (Å²) in [4.78, 5) is 24.0. The Morgan fingerprint density at radius 3 is 2.53 bits per heavy atom. The van der Waals surface area contributed by atoms with Crippen molar-refractivity contribution in [2.45, 2.75) is 32.2 Å². The summed E-state index contributed by atoms with van der Waals surface area (Å²) in [5.74, 6) is 0.508. The van der Waals surface area contributed by atoms with Crippen LogP contribution in [0.1, 0.15) is 36.5 Å². The first kappa shape index (κ1) is 12.2. The van der Waals surface area contributed by atoms with E-state index >= 15 is 0 Å². The summed E-state index contributed by atoms with van der Waals surface area (Å²) in [6, 6.07) is 7.51. The van der Waals surface area contributed by atoms with Crippen LogP contribution >= 0.6 is 0 Å². The summed E-state index contributed by atoms with van der Waals surface area (Å²) < 4.78 is 0. The van der Waals surface area contributed by atoms with Crippen LogP contribution in [0, 0.1) is 11.8 Å². The molecule has 0 saturated heterocycles. The van der Waals surface area contributed by atoms with Gasteiger partial charge in [-0.1, -0.05) is 19.1 Å². The van der Waals surface area contributed by atoms with E-state index in [-0.39, 0.29) is 17.7 Å². The molecule has 2 aliphatic rings. The van der Waals surface area contributed by atoms with Gasteiger partial charge < -0.3 is 10.6 Å². The van der Waals surface area contributed by atoms with Gasteiger partial charge in [0.15, 0.2) is 0 Å². The molecule has 0 aromatic heterocycles. The van der Waals surface area contributed by atoms with Gasteiger partial charge in [-0.3, -0.25) is 9.59 Å². The van der Waals surface area contributed by atoms with E-state index in [2.05, 4.69) is 17.6 Å². The van der Waals surface area contributed by atoms with E-state index in [1.165, 1.54) is 0 Å². The maximum absolute atomic E-state index is 12.1. The van der Waals surface area contributed by atoms with E-state index in [1.54, 1.807) is 12.1 Å². The van der Waals surface area contributed by atoms with E-state index in [0.29, 0.717) is 23.2 Å². The van der Waals surface area contributed by atoms with Crippen LogP contribution in [-0.4, -0.2) is 17.9 Å². The Balaban J connectivity index is 1.72. The summed E-state index contributed by atoms with van der Waals surface area (Å²) in [6.07, 6.45) is 3.06. The van der Waals surface area contributed by atoms with Crippen molar-refractivity contribution in [3.8, 4) is 0 Å². The van der Waals surface area contributed by atoms with E-state index in [4.69, 9.17) is 0 Å². The number of carbonyl (C=O) groups excluding carboxylic acids is 2. The fourth-order valence-electron chi connectivity index (χ4n) is 2.19. The molecule has 0 radical (unpaired) electrons. The van der Waals surface area contributed by atoms with Crippen LogP contribution in [0.4, 0.5) is 5.69 Å². The average molecular weight is 258 g/mol. The number of nitrogens with one attached hydrogen (secondary N) is 2. The largest absolute Gasteiger partial charge is 0.349 e. The Labute approximate surface area is 112 Å². The highest BCUT2D eigenvalue weighted by atomic mass is 16.2. The molecule has 2 saturated carbocycles. The predicted octanol–water partition coefficient (Wildman–Crippen LogP) is 2.17. The van der Waals surface area contributed by atoms with E-state index in [9.17, 15) is 9.59 Å². The van der Waals surface area contributed by atoms with E-state index in [0.717, 1.165) is 19.3 Å². The minimum atomic E-state index is -0.0951. The molecular formula is C15H18N2O2. The topological polar surface area (TPSA) is 58.2 Å². The number of para-hydroxylation sites is 1. The number of rotatable bonds is 4. The Bertz CT molecular complexity index is 523. The summed E-state index contributed by atoms with van der Waals surface area (Å²) in [5.41, 5.74) is 1.17. The quantitative estimate of drug-likeness (QED) is 0.869. The molecule has 1 aromatic carbocycles. The van der Waals surface area contributed by atoms with Crippen LogP contribution in [0.2, 0.25) is 0 Å². The molecule has 1 aromatic rings. The van der Waals surface area contributed by atoms with Crippen molar-refractivity contribution in [2.24, 2.45) is 11.8 Å². The summed E-state index contributed by atoms with van der Waals surface area (Å²) >= 11 is 0. The van der Waals surface area contributed by atoms with Gasteiger partial charge in [0.05, 0.1) is 11.3 Å². The van der Waals surface area contributed by atoms with Gasteiger partial charge in [-0.25, -0.2) is 0 Å². The zero-order chi connectivity index (χ0) is 13.4. The van der Waals surface area contributed by atoms with Gasteiger partial charge in [0.2, 0.25) is 5.91 Å². The van der Waals surface area contributed by atoms with Crippen LogP contribution in [0.15, 0.2) is 24.3 Å². The highest BCUT2D eigenvalue weighted by Crippen LogP contribution is 2.38. The van der Waals surface area contributed by atoms with Crippen molar-refractivity contribution >= 4 is 17.5 Å². The highest BCUT2D eigenvalue weighted by Gasteiger charge is 2.39. The number of hydrogen-bond donors (Lipinski definition) is 2. The van der Waals surface area contributed by atoms with E-state index < -0.39 is 0 Å². The Kier molecular flexibility index (Phi) is 3.01. The van der Waals surface area contributed by atoms with Gasteiger partial charge in [0, 0.05) is 12.0 Å². The molecule has 0 unspecified atom stereocenters. The number of amides is 2. The molecule has 2 atom stereocenters. The summed E-state index contributed by atoms with van der Waals surface area (Å²) in [6.45, 7) is 2.07. The van der Waals surface area contributed by atoms with Crippen molar-refractivity contribution in [1.82, 2.24) is 5.32 Å². The van der Waals surface area contributed by atoms with Crippen molar-refractivity contribution in [2.75, 3.05) is 5.32 Å². The molecule has 0 heterocycles. The average Bonchev–Trinajstić information content (AvgIpc) is 3.28. The standard InChI is InChI=1S/C15H18N2O2/c1-9-8-12(9)15(19)17-13-5-3-2-4-11(13)14(18)16-10-6-7-10/h2-5,9-10,12H,6-8H2,1H3,(H,16,18)(H,17,19)/t9-,12-/m1/s1. The lowest BCUT2D eigenvalue weighted by Gasteiger charge is -2.10. The maximum Gasteiger partial charge on any atom is 0.253 e. The minimum Gasteiger partial charge on any atom is -0.349 e. The molecular weight excluding hydrogens is 240 g/mol. The molecule has 19 heavy (non-hydrogen) atoms. The summed E-state index contributed by atoms with van der Waals surface area (Å²) in [7, 11) is 0. The van der Waals surface area contributed by atoms with Gasteiger partial charge in [-0.2, -0.15) is 0 Å². The Morgan fingerprint density at radius 1 is 1.21 bits per heavy atom. The van der Waals surface area contributed by atoms with Gasteiger partial charge in [0.25, 0.3) is 5.91 Å². The Morgan fingerprint density at radius 2 is 1.89 bits per heavy atom. The van der Waals surface area contributed by atoms with Gasteiger partial charge in [-0.15, -0.1) is 0 Å².